The van der Waals surface area contributed by atoms with Crippen molar-refractivity contribution in [3.8, 4) is 6.07 Å². The normalized spacial score (nSPS) is 19.9. The third-order valence-corrected chi connectivity index (χ3v) is 6.27. The van der Waals surface area contributed by atoms with E-state index in [1.165, 1.54) is 0 Å². The number of fused-ring (bicyclic) bond motifs is 1. The number of pyridine rings is 1. The molecule has 2 aliphatic heterocycles. The standard InChI is InChI=1S/C26H25N5/c1-26(19-12-6-3-7-13-19)16-20(18-10-4-2-5-11-18)22-23(30-26)21(17-27)25(29-24(22)28)31-14-8-9-15-31/h2-7,10-13,16,30H,8-9,14-15H2,1H3,(H2,28,29). The fourth-order valence-corrected chi connectivity index (χ4v) is 4.69. The van der Waals surface area contributed by atoms with Gasteiger partial charge in [0.2, 0.25) is 0 Å². The predicted molar refractivity (Wildman–Crippen MR) is 126 cm³/mol. The van der Waals surface area contributed by atoms with Crippen LogP contribution in [0, 0.1) is 11.3 Å². The van der Waals surface area contributed by atoms with Gasteiger partial charge in [-0.3, -0.25) is 0 Å². The third kappa shape index (κ3) is 3.21. The second-order valence-corrected chi connectivity index (χ2v) is 8.37. The molecule has 5 heteroatoms. The second kappa shape index (κ2) is 7.48. The molecule has 1 atom stereocenters. The molecule has 0 spiro atoms. The highest BCUT2D eigenvalue weighted by Crippen LogP contribution is 2.47. The smallest absolute Gasteiger partial charge is 0.151 e. The van der Waals surface area contributed by atoms with Crippen molar-refractivity contribution in [1.29, 1.82) is 5.26 Å². The molecule has 0 bridgehead atoms. The van der Waals surface area contributed by atoms with Gasteiger partial charge in [-0.15, -0.1) is 0 Å². The molecule has 31 heavy (non-hydrogen) atoms. The van der Waals surface area contributed by atoms with Crippen molar-refractivity contribution in [2.45, 2.75) is 25.3 Å². The van der Waals surface area contributed by atoms with Gasteiger partial charge in [0.1, 0.15) is 17.5 Å². The van der Waals surface area contributed by atoms with Crippen LogP contribution in [0.2, 0.25) is 0 Å². The van der Waals surface area contributed by atoms with E-state index in [1.54, 1.807) is 0 Å². The average molecular weight is 408 g/mol. The molecule has 2 aromatic carbocycles. The van der Waals surface area contributed by atoms with E-state index in [-0.39, 0.29) is 0 Å². The minimum absolute atomic E-state index is 0.452. The summed E-state index contributed by atoms with van der Waals surface area (Å²) in [7, 11) is 0. The van der Waals surface area contributed by atoms with Crippen LogP contribution in [0.1, 0.15) is 42.0 Å². The Balaban J connectivity index is 1.78. The third-order valence-electron chi connectivity index (χ3n) is 6.27. The van der Waals surface area contributed by atoms with E-state index in [0.29, 0.717) is 17.2 Å². The lowest BCUT2D eigenvalue weighted by atomic mass is 9.81. The van der Waals surface area contributed by atoms with Crippen molar-refractivity contribution in [1.82, 2.24) is 4.98 Å². The van der Waals surface area contributed by atoms with Crippen LogP contribution in [0.3, 0.4) is 0 Å². The number of nitrogen functional groups attached to an aromatic ring is 1. The summed E-state index contributed by atoms with van der Waals surface area (Å²) >= 11 is 0. The molecule has 0 saturated carbocycles. The minimum atomic E-state index is -0.499. The predicted octanol–water partition coefficient (Wildman–Crippen LogP) is 4.91. The Morgan fingerprint density at radius 1 is 1.03 bits per heavy atom. The van der Waals surface area contributed by atoms with Crippen molar-refractivity contribution < 1.29 is 0 Å². The summed E-state index contributed by atoms with van der Waals surface area (Å²) in [6, 6.07) is 22.9. The van der Waals surface area contributed by atoms with E-state index in [4.69, 9.17) is 10.7 Å². The minimum Gasteiger partial charge on any atom is -0.383 e. The fourth-order valence-electron chi connectivity index (χ4n) is 4.69. The lowest BCUT2D eigenvalue weighted by molar-refractivity contribution is 0.684. The van der Waals surface area contributed by atoms with E-state index in [9.17, 15) is 5.26 Å². The molecule has 1 aromatic heterocycles. The molecule has 1 saturated heterocycles. The zero-order valence-corrected chi connectivity index (χ0v) is 17.6. The monoisotopic (exact) mass is 407 g/mol. The van der Waals surface area contributed by atoms with Gasteiger partial charge in [0.25, 0.3) is 0 Å². The van der Waals surface area contributed by atoms with Gasteiger partial charge in [-0.2, -0.15) is 5.26 Å². The second-order valence-electron chi connectivity index (χ2n) is 8.37. The van der Waals surface area contributed by atoms with E-state index < -0.39 is 5.54 Å². The lowest BCUT2D eigenvalue weighted by Crippen LogP contribution is -2.34. The first-order valence-corrected chi connectivity index (χ1v) is 10.7. The Morgan fingerprint density at radius 3 is 2.32 bits per heavy atom. The van der Waals surface area contributed by atoms with E-state index >= 15 is 0 Å². The molecule has 5 rings (SSSR count). The topological polar surface area (TPSA) is 78.0 Å². The number of nitriles is 1. The maximum atomic E-state index is 10.2. The van der Waals surface area contributed by atoms with Crippen LogP contribution in [0.4, 0.5) is 17.3 Å². The molecule has 3 N–H and O–H groups in total. The Morgan fingerprint density at radius 2 is 1.68 bits per heavy atom. The summed E-state index contributed by atoms with van der Waals surface area (Å²) in [6.07, 6.45) is 4.41. The average Bonchev–Trinajstić information content (AvgIpc) is 3.34. The number of aromatic nitrogens is 1. The number of benzene rings is 2. The molecule has 2 aliphatic rings. The number of hydrogen-bond donors (Lipinski definition) is 2. The number of nitrogens with one attached hydrogen (secondary N) is 1. The van der Waals surface area contributed by atoms with Gasteiger partial charge in [0.15, 0.2) is 5.82 Å². The van der Waals surface area contributed by atoms with Crippen molar-refractivity contribution in [3.05, 3.63) is 89.0 Å². The molecule has 3 heterocycles. The highest BCUT2D eigenvalue weighted by molar-refractivity contribution is 5.97. The summed E-state index contributed by atoms with van der Waals surface area (Å²) < 4.78 is 0. The molecule has 1 fully saturated rings. The fraction of sp³-hybridized carbons (Fsp3) is 0.231. The maximum absolute atomic E-state index is 10.2. The lowest BCUT2D eigenvalue weighted by Gasteiger charge is -2.37. The van der Waals surface area contributed by atoms with Gasteiger partial charge in [0, 0.05) is 18.7 Å². The Labute approximate surface area is 182 Å². The van der Waals surface area contributed by atoms with Gasteiger partial charge in [-0.05, 0) is 42.5 Å². The molecule has 5 nitrogen and oxygen atoms in total. The van der Waals surface area contributed by atoms with E-state index in [1.807, 2.05) is 36.4 Å². The number of nitrogens with zero attached hydrogens (tertiary/aromatic N) is 3. The molecular formula is C26H25N5. The largest absolute Gasteiger partial charge is 0.383 e. The molecule has 0 radical (unpaired) electrons. The molecule has 154 valence electrons. The van der Waals surface area contributed by atoms with Crippen LogP contribution in [-0.2, 0) is 5.54 Å². The number of rotatable bonds is 3. The SMILES string of the molecule is CC1(c2ccccc2)C=C(c2ccccc2)c2c(N)nc(N3CCCC3)c(C#N)c2N1. The molecule has 0 aliphatic carbocycles. The molecule has 3 aromatic rings. The Kier molecular flexibility index (Phi) is 4.63. The van der Waals surface area contributed by atoms with Gasteiger partial charge in [-0.1, -0.05) is 60.7 Å². The highest BCUT2D eigenvalue weighted by atomic mass is 15.2. The highest BCUT2D eigenvalue weighted by Gasteiger charge is 2.36. The number of anilines is 3. The van der Waals surface area contributed by atoms with Gasteiger partial charge < -0.3 is 16.0 Å². The Bertz CT molecular complexity index is 1190. The van der Waals surface area contributed by atoms with Crippen LogP contribution < -0.4 is 16.0 Å². The van der Waals surface area contributed by atoms with Gasteiger partial charge in [-0.25, -0.2) is 4.98 Å². The first kappa shape index (κ1) is 19.2. The summed E-state index contributed by atoms with van der Waals surface area (Å²) in [5, 5.41) is 13.9. The number of hydrogen-bond acceptors (Lipinski definition) is 5. The van der Waals surface area contributed by atoms with Crippen LogP contribution in [0.25, 0.3) is 5.57 Å². The van der Waals surface area contributed by atoms with Crippen molar-refractivity contribution in [2.75, 3.05) is 29.0 Å². The number of nitrogens with two attached hydrogens (primary N) is 1. The van der Waals surface area contributed by atoms with Crippen LogP contribution >= 0.6 is 0 Å². The molecule has 0 amide bonds. The molecular weight excluding hydrogens is 382 g/mol. The van der Waals surface area contributed by atoms with Crippen LogP contribution in [0.15, 0.2) is 66.7 Å². The summed E-state index contributed by atoms with van der Waals surface area (Å²) in [4.78, 5) is 6.91. The van der Waals surface area contributed by atoms with Gasteiger partial charge >= 0.3 is 0 Å². The van der Waals surface area contributed by atoms with Crippen molar-refractivity contribution in [3.63, 3.8) is 0 Å². The summed E-state index contributed by atoms with van der Waals surface area (Å²) in [5.41, 5.74) is 11.4. The quantitative estimate of drug-likeness (QED) is 0.645. The van der Waals surface area contributed by atoms with Crippen LogP contribution in [0.5, 0.6) is 0 Å². The van der Waals surface area contributed by atoms with E-state index in [0.717, 1.165) is 53.9 Å². The van der Waals surface area contributed by atoms with Crippen molar-refractivity contribution in [2.24, 2.45) is 0 Å². The van der Waals surface area contributed by atoms with Gasteiger partial charge in [0.05, 0.1) is 11.2 Å². The molecule has 1 unspecified atom stereocenters. The summed E-state index contributed by atoms with van der Waals surface area (Å²) in [5.74, 6) is 1.14. The summed E-state index contributed by atoms with van der Waals surface area (Å²) in [6.45, 7) is 3.94. The van der Waals surface area contributed by atoms with E-state index in [2.05, 4.69) is 53.6 Å². The zero-order chi connectivity index (χ0) is 21.4. The Hall–Kier alpha value is -3.78. The van der Waals surface area contributed by atoms with Crippen molar-refractivity contribution >= 4 is 22.9 Å². The maximum Gasteiger partial charge on any atom is 0.151 e. The van der Waals surface area contributed by atoms with Crippen LogP contribution in [-0.4, -0.2) is 18.1 Å². The first-order valence-electron chi connectivity index (χ1n) is 10.7. The first-order chi connectivity index (χ1) is 15.1. The zero-order valence-electron chi connectivity index (χ0n) is 17.6.